The Hall–Kier alpha value is -1.63. The topological polar surface area (TPSA) is 69.7 Å². The Bertz CT molecular complexity index is 641. The van der Waals surface area contributed by atoms with Crippen molar-refractivity contribution < 1.29 is 27.1 Å². The summed E-state index contributed by atoms with van der Waals surface area (Å²) in [6.07, 6.45) is -0.199. The summed E-state index contributed by atoms with van der Waals surface area (Å²) in [6, 6.07) is 4.11. The van der Waals surface area contributed by atoms with Gasteiger partial charge >= 0.3 is 5.97 Å². The van der Waals surface area contributed by atoms with Gasteiger partial charge < -0.3 is 9.47 Å². The summed E-state index contributed by atoms with van der Waals surface area (Å²) in [5.41, 5.74) is 0.663. The number of rotatable bonds is 5. The quantitative estimate of drug-likeness (QED) is 0.767. The van der Waals surface area contributed by atoms with E-state index in [0.29, 0.717) is 17.7 Å². The van der Waals surface area contributed by atoms with Gasteiger partial charge in [0.15, 0.2) is 9.84 Å². The third-order valence-corrected chi connectivity index (χ3v) is 5.20. The lowest BCUT2D eigenvalue weighted by Crippen LogP contribution is -2.31. The number of carbonyl (C=O) groups excluding carboxylic acids is 1. The molecular formula is C14H17FO5S. The van der Waals surface area contributed by atoms with Crippen LogP contribution in [0.3, 0.4) is 0 Å². The molecule has 0 radical (unpaired) electrons. The van der Waals surface area contributed by atoms with Gasteiger partial charge in [-0.05, 0) is 18.2 Å². The fourth-order valence-corrected chi connectivity index (χ4v) is 4.17. The van der Waals surface area contributed by atoms with Crippen LogP contribution in [-0.2, 0) is 25.8 Å². The van der Waals surface area contributed by atoms with Gasteiger partial charge in [0.05, 0.1) is 24.5 Å². The second kappa shape index (κ2) is 6.01. The highest BCUT2D eigenvalue weighted by atomic mass is 32.2. The number of halogens is 1. The second-order valence-corrected chi connectivity index (χ2v) is 7.35. The van der Waals surface area contributed by atoms with E-state index in [1.54, 1.807) is 0 Å². The smallest absolute Gasteiger partial charge is 0.309 e. The highest BCUT2D eigenvalue weighted by Crippen LogP contribution is 2.30. The van der Waals surface area contributed by atoms with E-state index in [1.807, 2.05) is 0 Å². The summed E-state index contributed by atoms with van der Waals surface area (Å²) in [6.45, 7) is 1.50. The van der Waals surface area contributed by atoms with Gasteiger partial charge in [-0.25, -0.2) is 12.8 Å². The number of benzene rings is 1. The first-order valence-corrected chi connectivity index (χ1v) is 8.36. The lowest BCUT2D eigenvalue weighted by Gasteiger charge is -2.13. The van der Waals surface area contributed by atoms with Crippen LogP contribution in [0.2, 0.25) is 0 Å². The van der Waals surface area contributed by atoms with Crippen LogP contribution in [0.15, 0.2) is 18.2 Å². The Labute approximate surface area is 123 Å². The molecule has 0 amide bonds. The van der Waals surface area contributed by atoms with Gasteiger partial charge in [-0.2, -0.15) is 0 Å². The summed E-state index contributed by atoms with van der Waals surface area (Å²) in [4.78, 5) is 11.3. The Morgan fingerprint density at radius 3 is 2.90 bits per heavy atom. The molecule has 1 aromatic rings. The Morgan fingerprint density at radius 2 is 2.24 bits per heavy atom. The second-order valence-electron chi connectivity index (χ2n) is 5.20. The molecule has 0 aromatic heterocycles. The van der Waals surface area contributed by atoms with Gasteiger partial charge in [0.1, 0.15) is 17.7 Å². The molecular weight excluding hydrogens is 299 g/mol. The van der Waals surface area contributed by atoms with Crippen LogP contribution in [0.25, 0.3) is 0 Å². The maximum Gasteiger partial charge on any atom is 0.309 e. The summed E-state index contributed by atoms with van der Waals surface area (Å²) < 4.78 is 47.3. The van der Waals surface area contributed by atoms with Crippen LogP contribution in [0.5, 0.6) is 5.75 Å². The van der Waals surface area contributed by atoms with E-state index < -0.39 is 27.8 Å². The highest BCUT2D eigenvalue weighted by molar-refractivity contribution is 7.91. The molecule has 0 aliphatic carbocycles. The molecule has 0 saturated heterocycles. The van der Waals surface area contributed by atoms with E-state index in [9.17, 15) is 17.6 Å². The van der Waals surface area contributed by atoms with Crippen LogP contribution in [0, 0.1) is 11.7 Å². The van der Waals surface area contributed by atoms with Crippen molar-refractivity contribution in [1.29, 1.82) is 0 Å². The maximum absolute atomic E-state index is 13.1. The lowest BCUT2D eigenvalue weighted by molar-refractivity contribution is -0.144. The number of ether oxygens (including phenoxy) is 2. The first-order valence-electron chi connectivity index (χ1n) is 6.54. The van der Waals surface area contributed by atoms with Gasteiger partial charge in [0, 0.05) is 12.0 Å². The van der Waals surface area contributed by atoms with E-state index in [4.69, 9.17) is 4.74 Å². The van der Waals surface area contributed by atoms with Crippen molar-refractivity contribution >= 4 is 15.8 Å². The highest BCUT2D eigenvalue weighted by Gasteiger charge is 2.30. The average Bonchev–Trinajstić information content (AvgIpc) is 2.77. The SMILES string of the molecule is COC(=O)C(C)CS(=O)(=O)CC1Cc2cc(F)ccc2O1. The van der Waals surface area contributed by atoms with Crippen molar-refractivity contribution in [3.05, 3.63) is 29.6 Å². The Balaban J connectivity index is 1.98. The number of hydrogen-bond acceptors (Lipinski definition) is 5. The minimum Gasteiger partial charge on any atom is -0.489 e. The molecule has 1 aromatic carbocycles. The average molecular weight is 316 g/mol. The van der Waals surface area contributed by atoms with E-state index in [0.717, 1.165) is 0 Å². The predicted molar refractivity (Wildman–Crippen MR) is 74.4 cm³/mol. The van der Waals surface area contributed by atoms with Crippen LogP contribution >= 0.6 is 0 Å². The number of methoxy groups -OCH3 is 1. The summed E-state index contributed by atoms with van der Waals surface area (Å²) in [7, 11) is -2.25. The molecule has 0 N–H and O–H groups in total. The van der Waals surface area contributed by atoms with Gasteiger partial charge in [-0.1, -0.05) is 6.92 Å². The zero-order valence-corrected chi connectivity index (χ0v) is 12.7. The molecule has 7 heteroatoms. The zero-order valence-electron chi connectivity index (χ0n) is 11.8. The molecule has 5 nitrogen and oxygen atoms in total. The molecule has 1 aliphatic heterocycles. The lowest BCUT2D eigenvalue weighted by atomic mass is 10.1. The van der Waals surface area contributed by atoms with Gasteiger partial charge in [-0.15, -0.1) is 0 Å². The summed E-state index contributed by atoms with van der Waals surface area (Å²) >= 11 is 0. The van der Waals surface area contributed by atoms with Crippen LogP contribution in [-0.4, -0.2) is 39.1 Å². The third-order valence-electron chi connectivity index (χ3n) is 3.31. The van der Waals surface area contributed by atoms with E-state index in [2.05, 4.69) is 4.74 Å². The first-order chi connectivity index (χ1) is 9.80. The van der Waals surface area contributed by atoms with Crippen molar-refractivity contribution in [3.8, 4) is 5.75 Å². The van der Waals surface area contributed by atoms with Crippen molar-refractivity contribution in [1.82, 2.24) is 0 Å². The molecule has 0 bridgehead atoms. The normalized spacial score (nSPS) is 18.7. The van der Waals surface area contributed by atoms with Gasteiger partial charge in [-0.3, -0.25) is 4.79 Å². The largest absolute Gasteiger partial charge is 0.489 e. The monoisotopic (exact) mass is 316 g/mol. The number of sulfone groups is 1. The molecule has 1 aliphatic rings. The number of esters is 1. The van der Waals surface area contributed by atoms with Crippen molar-refractivity contribution in [2.75, 3.05) is 18.6 Å². The zero-order chi connectivity index (χ0) is 15.6. The number of fused-ring (bicyclic) bond motifs is 1. The molecule has 0 fully saturated rings. The first kappa shape index (κ1) is 15.8. The van der Waals surface area contributed by atoms with Crippen LogP contribution < -0.4 is 4.74 Å². The molecule has 2 rings (SSSR count). The standard InChI is InChI=1S/C14H17FO5S/c1-9(14(16)19-2)7-21(17,18)8-12-6-10-5-11(15)3-4-13(10)20-12/h3-5,9,12H,6-8H2,1-2H3. The van der Waals surface area contributed by atoms with E-state index in [1.165, 1.54) is 32.2 Å². The van der Waals surface area contributed by atoms with Crippen LogP contribution in [0.1, 0.15) is 12.5 Å². The van der Waals surface area contributed by atoms with Crippen LogP contribution in [0.4, 0.5) is 4.39 Å². The number of carbonyl (C=O) groups is 1. The summed E-state index contributed by atoms with van der Waals surface area (Å²) in [5, 5.41) is 0. The van der Waals surface area contributed by atoms with Crippen molar-refractivity contribution in [2.24, 2.45) is 5.92 Å². The third kappa shape index (κ3) is 3.93. The van der Waals surface area contributed by atoms with Gasteiger partial charge in [0.25, 0.3) is 0 Å². The molecule has 0 spiro atoms. The fourth-order valence-electron chi connectivity index (χ4n) is 2.38. The Morgan fingerprint density at radius 1 is 1.52 bits per heavy atom. The molecule has 116 valence electrons. The predicted octanol–water partition coefficient (Wildman–Crippen LogP) is 1.35. The fraction of sp³-hybridized carbons (Fsp3) is 0.500. The Kier molecular flexibility index (Phi) is 4.51. The molecule has 1 heterocycles. The van der Waals surface area contributed by atoms with E-state index >= 15 is 0 Å². The molecule has 2 unspecified atom stereocenters. The molecule has 21 heavy (non-hydrogen) atoms. The molecule has 2 atom stereocenters. The number of hydrogen-bond donors (Lipinski definition) is 0. The minimum atomic E-state index is -3.47. The maximum atomic E-state index is 13.1. The van der Waals surface area contributed by atoms with E-state index in [-0.39, 0.29) is 17.3 Å². The summed E-state index contributed by atoms with van der Waals surface area (Å²) in [5.74, 6) is -1.63. The minimum absolute atomic E-state index is 0.204. The van der Waals surface area contributed by atoms with Crippen molar-refractivity contribution in [3.63, 3.8) is 0 Å². The van der Waals surface area contributed by atoms with Gasteiger partial charge in [0.2, 0.25) is 0 Å². The van der Waals surface area contributed by atoms with Crippen molar-refractivity contribution in [2.45, 2.75) is 19.4 Å². The molecule has 0 saturated carbocycles.